The van der Waals surface area contributed by atoms with Crippen molar-refractivity contribution in [2.24, 2.45) is 0 Å². The third kappa shape index (κ3) is 2.01. The van der Waals surface area contributed by atoms with E-state index in [9.17, 15) is 4.79 Å². The maximum Gasteiger partial charge on any atom is 0.253 e. The van der Waals surface area contributed by atoms with Crippen LogP contribution in [0.2, 0.25) is 10.2 Å². The molecule has 2 nitrogen and oxygen atoms in total. The number of fused-ring (bicyclic) bond motifs is 1. The molecular formula is C11H6Cl3NO. The van der Waals surface area contributed by atoms with Gasteiger partial charge in [0.2, 0.25) is 0 Å². The minimum Gasteiger partial charge on any atom is -0.276 e. The minimum atomic E-state index is -0.584. The predicted octanol–water partition coefficient (Wildman–Crippen LogP) is 4.23. The van der Waals surface area contributed by atoms with E-state index in [0.717, 1.165) is 10.9 Å². The second kappa shape index (κ2) is 4.21. The van der Waals surface area contributed by atoms with E-state index >= 15 is 0 Å². The van der Waals surface area contributed by atoms with Crippen molar-refractivity contribution in [3.8, 4) is 0 Å². The van der Waals surface area contributed by atoms with E-state index in [4.69, 9.17) is 34.8 Å². The molecule has 0 N–H and O–H groups in total. The zero-order valence-electron chi connectivity index (χ0n) is 8.22. The second-order valence-corrected chi connectivity index (χ2v) is 4.50. The van der Waals surface area contributed by atoms with Crippen LogP contribution in [0.5, 0.6) is 0 Å². The highest BCUT2D eigenvalue weighted by Crippen LogP contribution is 2.26. The van der Waals surface area contributed by atoms with Crippen LogP contribution >= 0.6 is 34.8 Å². The van der Waals surface area contributed by atoms with Gasteiger partial charge < -0.3 is 0 Å². The first kappa shape index (κ1) is 11.6. The van der Waals surface area contributed by atoms with Crippen molar-refractivity contribution in [2.75, 3.05) is 0 Å². The Labute approximate surface area is 107 Å². The Kier molecular flexibility index (Phi) is 3.06. The second-order valence-electron chi connectivity index (χ2n) is 3.39. The number of halogens is 3. The summed E-state index contributed by atoms with van der Waals surface area (Å²) in [6, 6.07) is 5.03. The van der Waals surface area contributed by atoms with E-state index in [-0.39, 0.29) is 10.6 Å². The molecule has 0 unspecified atom stereocenters. The number of nitrogens with zero attached hydrogens (tertiary/aromatic N) is 1. The van der Waals surface area contributed by atoms with Crippen molar-refractivity contribution in [3.05, 3.63) is 39.5 Å². The van der Waals surface area contributed by atoms with Gasteiger partial charge in [-0.05, 0) is 42.3 Å². The Morgan fingerprint density at radius 2 is 1.94 bits per heavy atom. The van der Waals surface area contributed by atoms with Crippen molar-refractivity contribution in [2.45, 2.75) is 6.92 Å². The summed E-state index contributed by atoms with van der Waals surface area (Å²) in [6.07, 6.45) is 0. The van der Waals surface area contributed by atoms with Gasteiger partial charge in [0.15, 0.2) is 0 Å². The third-order valence-electron chi connectivity index (χ3n) is 2.24. The average Bonchev–Trinajstić information content (AvgIpc) is 2.19. The summed E-state index contributed by atoms with van der Waals surface area (Å²) in [5, 5.41) is 0.906. The Hall–Kier alpha value is -0.830. The molecule has 2 aromatic rings. The van der Waals surface area contributed by atoms with Crippen molar-refractivity contribution in [1.82, 2.24) is 4.98 Å². The molecule has 1 heterocycles. The van der Waals surface area contributed by atoms with Crippen LogP contribution in [0.4, 0.5) is 0 Å². The lowest BCUT2D eigenvalue weighted by Gasteiger charge is -2.04. The maximum absolute atomic E-state index is 11.1. The van der Waals surface area contributed by atoms with Crippen LogP contribution in [-0.2, 0) is 0 Å². The number of carbonyl (C=O) groups excluding carboxylic acids is 1. The molecule has 0 bridgehead atoms. The molecule has 82 valence electrons. The van der Waals surface area contributed by atoms with Crippen LogP contribution in [0.3, 0.4) is 0 Å². The molecule has 0 fully saturated rings. The smallest absolute Gasteiger partial charge is 0.253 e. The SMILES string of the molecule is Cc1cc2cc(C(=O)Cl)c(Cl)cc2nc1Cl. The van der Waals surface area contributed by atoms with Gasteiger partial charge >= 0.3 is 0 Å². The van der Waals surface area contributed by atoms with Crippen molar-refractivity contribution >= 4 is 50.9 Å². The molecule has 1 aromatic carbocycles. The summed E-state index contributed by atoms with van der Waals surface area (Å²) < 4.78 is 0. The molecule has 0 aliphatic carbocycles. The number of carbonyl (C=O) groups is 1. The summed E-state index contributed by atoms with van der Waals surface area (Å²) >= 11 is 17.2. The topological polar surface area (TPSA) is 30.0 Å². The van der Waals surface area contributed by atoms with Gasteiger partial charge in [0.25, 0.3) is 5.24 Å². The fourth-order valence-corrected chi connectivity index (χ4v) is 2.02. The molecule has 1 aromatic heterocycles. The Morgan fingerprint density at radius 1 is 1.25 bits per heavy atom. The summed E-state index contributed by atoms with van der Waals surface area (Å²) in [5.74, 6) is 0. The van der Waals surface area contributed by atoms with Gasteiger partial charge in [0, 0.05) is 5.39 Å². The molecule has 0 atom stereocenters. The lowest BCUT2D eigenvalue weighted by Crippen LogP contribution is -1.92. The first-order valence-electron chi connectivity index (χ1n) is 4.45. The summed E-state index contributed by atoms with van der Waals surface area (Å²) in [6.45, 7) is 1.84. The summed E-state index contributed by atoms with van der Waals surface area (Å²) in [5.41, 5.74) is 1.76. The number of aryl methyl sites for hydroxylation is 1. The zero-order chi connectivity index (χ0) is 11.9. The van der Waals surface area contributed by atoms with E-state index in [2.05, 4.69) is 4.98 Å². The largest absolute Gasteiger partial charge is 0.276 e. The number of rotatable bonds is 1. The molecule has 0 spiro atoms. The maximum atomic E-state index is 11.1. The first-order chi connectivity index (χ1) is 7.49. The molecule has 0 aliphatic rings. The average molecular weight is 275 g/mol. The van der Waals surface area contributed by atoms with Crippen LogP contribution in [0.1, 0.15) is 15.9 Å². The highest BCUT2D eigenvalue weighted by molar-refractivity contribution is 6.68. The lowest BCUT2D eigenvalue weighted by atomic mass is 10.1. The molecule has 0 radical (unpaired) electrons. The van der Waals surface area contributed by atoms with E-state index in [1.807, 2.05) is 13.0 Å². The van der Waals surface area contributed by atoms with Gasteiger partial charge in [0.05, 0.1) is 16.1 Å². The lowest BCUT2D eigenvalue weighted by molar-refractivity contribution is 0.108. The van der Waals surface area contributed by atoms with Crippen LogP contribution in [0.25, 0.3) is 10.9 Å². The van der Waals surface area contributed by atoms with Gasteiger partial charge in [-0.2, -0.15) is 0 Å². The molecule has 2 rings (SSSR count). The van der Waals surface area contributed by atoms with Gasteiger partial charge in [-0.3, -0.25) is 4.79 Å². The number of benzene rings is 1. The molecule has 0 saturated carbocycles. The molecule has 5 heteroatoms. The molecule has 0 amide bonds. The molecule has 16 heavy (non-hydrogen) atoms. The van der Waals surface area contributed by atoms with Gasteiger partial charge in [-0.15, -0.1) is 0 Å². The van der Waals surface area contributed by atoms with Crippen molar-refractivity contribution in [1.29, 1.82) is 0 Å². The highest BCUT2D eigenvalue weighted by Gasteiger charge is 2.10. The monoisotopic (exact) mass is 273 g/mol. The minimum absolute atomic E-state index is 0.277. The van der Waals surface area contributed by atoms with E-state index in [0.29, 0.717) is 10.7 Å². The van der Waals surface area contributed by atoms with Crippen LogP contribution < -0.4 is 0 Å². The summed E-state index contributed by atoms with van der Waals surface area (Å²) in [4.78, 5) is 15.3. The van der Waals surface area contributed by atoms with Crippen LogP contribution in [-0.4, -0.2) is 10.2 Å². The third-order valence-corrected chi connectivity index (χ3v) is 3.14. The summed E-state index contributed by atoms with van der Waals surface area (Å²) in [7, 11) is 0. The van der Waals surface area contributed by atoms with Crippen molar-refractivity contribution in [3.63, 3.8) is 0 Å². The number of pyridine rings is 1. The predicted molar refractivity (Wildman–Crippen MR) is 66.7 cm³/mol. The van der Waals surface area contributed by atoms with Gasteiger partial charge in [-0.25, -0.2) is 4.98 Å². The molecule has 0 saturated heterocycles. The molecular weight excluding hydrogens is 268 g/mol. The fourth-order valence-electron chi connectivity index (χ4n) is 1.43. The number of hydrogen-bond acceptors (Lipinski definition) is 2. The van der Waals surface area contributed by atoms with E-state index < -0.39 is 5.24 Å². The zero-order valence-corrected chi connectivity index (χ0v) is 10.5. The standard InChI is InChI=1S/C11H6Cl3NO/c1-5-2-6-3-7(11(14)16)8(12)4-9(6)15-10(5)13/h2-4H,1H3. The molecule has 0 aliphatic heterocycles. The Morgan fingerprint density at radius 3 is 2.56 bits per heavy atom. The van der Waals surface area contributed by atoms with Gasteiger partial charge in [0.1, 0.15) is 5.15 Å². The quantitative estimate of drug-likeness (QED) is 0.575. The first-order valence-corrected chi connectivity index (χ1v) is 5.58. The normalized spacial score (nSPS) is 10.8. The van der Waals surface area contributed by atoms with Crippen LogP contribution in [0.15, 0.2) is 18.2 Å². The van der Waals surface area contributed by atoms with Gasteiger partial charge in [-0.1, -0.05) is 23.2 Å². The van der Waals surface area contributed by atoms with E-state index in [1.54, 1.807) is 12.1 Å². The van der Waals surface area contributed by atoms with E-state index in [1.165, 1.54) is 0 Å². The highest BCUT2D eigenvalue weighted by atomic mass is 35.5. The fraction of sp³-hybridized carbons (Fsp3) is 0.0909. The number of aromatic nitrogens is 1. The van der Waals surface area contributed by atoms with Crippen LogP contribution in [0, 0.1) is 6.92 Å². The van der Waals surface area contributed by atoms with Crippen molar-refractivity contribution < 1.29 is 4.79 Å². The Balaban J connectivity index is 2.79. The number of hydrogen-bond donors (Lipinski definition) is 0. The Bertz CT molecular complexity index is 595.